The Morgan fingerprint density at radius 2 is 1.43 bits per heavy atom. The van der Waals surface area contributed by atoms with Gasteiger partial charge in [0.25, 0.3) is 11.8 Å². The molecule has 2 amide bonds. The summed E-state index contributed by atoms with van der Waals surface area (Å²) in [5, 5.41) is 5.68. The molecule has 142 valence electrons. The summed E-state index contributed by atoms with van der Waals surface area (Å²) in [6.45, 7) is 2.08. The van der Waals surface area contributed by atoms with Crippen molar-refractivity contribution in [3.63, 3.8) is 0 Å². The van der Waals surface area contributed by atoms with Gasteiger partial charge >= 0.3 is 0 Å². The van der Waals surface area contributed by atoms with Crippen LogP contribution >= 0.6 is 0 Å². The standard InChI is InChI=1S/C23H22N2O3/c1-3-16-7-11-19(12-8-16)24-23(27)18-5-4-6-20(15-18)25-22(26)17-9-13-21(28-2)14-10-17/h4-15H,3H2,1-2H3,(H,24,27)(H,25,26). The first-order chi connectivity index (χ1) is 13.6. The van der Waals surface area contributed by atoms with E-state index in [1.54, 1.807) is 55.6 Å². The van der Waals surface area contributed by atoms with Gasteiger partial charge in [0.1, 0.15) is 5.75 Å². The van der Waals surface area contributed by atoms with Crippen molar-refractivity contribution in [3.8, 4) is 5.75 Å². The Morgan fingerprint density at radius 3 is 2.07 bits per heavy atom. The van der Waals surface area contributed by atoms with E-state index >= 15 is 0 Å². The van der Waals surface area contributed by atoms with Crippen LogP contribution in [0.2, 0.25) is 0 Å². The molecule has 0 aliphatic carbocycles. The van der Waals surface area contributed by atoms with E-state index in [2.05, 4.69) is 17.6 Å². The van der Waals surface area contributed by atoms with Gasteiger partial charge in [-0.2, -0.15) is 0 Å². The molecule has 0 saturated carbocycles. The number of carbonyl (C=O) groups excluding carboxylic acids is 2. The molecular weight excluding hydrogens is 352 g/mol. The number of benzene rings is 3. The molecule has 0 radical (unpaired) electrons. The summed E-state index contributed by atoms with van der Waals surface area (Å²) < 4.78 is 5.09. The van der Waals surface area contributed by atoms with Crippen LogP contribution in [0.3, 0.4) is 0 Å². The summed E-state index contributed by atoms with van der Waals surface area (Å²) in [4.78, 5) is 24.9. The molecule has 28 heavy (non-hydrogen) atoms. The number of rotatable bonds is 6. The number of nitrogens with one attached hydrogen (secondary N) is 2. The fourth-order valence-electron chi connectivity index (χ4n) is 2.71. The van der Waals surface area contributed by atoms with E-state index in [0.717, 1.165) is 12.1 Å². The van der Waals surface area contributed by atoms with Gasteiger partial charge in [0.2, 0.25) is 0 Å². The molecule has 0 bridgehead atoms. The van der Waals surface area contributed by atoms with Crippen molar-refractivity contribution in [2.45, 2.75) is 13.3 Å². The predicted octanol–water partition coefficient (Wildman–Crippen LogP) is 4.76. The summed E-state index contributed by atoms with van der Waals surface area (Å²) in [5.74, 6) is 0.197. The van der Waals surface area contributed by atoms with Crippen LogP contribution in [0.5, 0.6) is 5.75 Å². The molecule has 0 unspecified atom stereocenters. The molecule has 3 rings (SSSR count). The van der Waals surface area contributed by atoms with Gasteiger partial charge in [-0.15, -0.1) is 0 Å². The molecule has 3 aromatic rings. The minimum absolute atomic E-state index is 0.232. The number of hydrogen-bond donors (Lipinski definition) is 2. The van der Waals surface area contributed by atoms with E-state index in [9.17, 15) is 9.59 Å². The normalized spacial score (nSPS) is 10.2. The molecule has 0 aliphatic rings. The molecule has 0 fully saturated rings. The van der Waals surface area contributed by atoms with E-state index in [1.807, 2.05) is 24.3 Å². The maximum atomic E-state index is 12.5. The third kappa shape index (κ3) is 4.76. The largest absolute Gasteiger partial charge is 0.497 e. The van der Waals surface area contributed by atoms with Crippen molar-refractivity contribution in [1.82, 2.24) is 0 Å². The number of hydrogen-bond acceptors (Lipinski definition) is 3. The van der Waals surface area contributed by atoms with E-state index < -0.39 is 0 Å². The topological polar surface area (TPSA) is 67.4 Å². The van der Waals surface area contributed by atoms with Crippen LogP contribution in [0, 0.1) is 0 Å². The summed E-state index contributed by atoms with van der Waals surface area (Å²) in [5.41, 5.74) is 3.46. The Hall–Kier alpha value is -3.60. The highest BCUT2D eigenvalue weighted by Crippen LogP contribution is 2.17. The number of amides is 2. The van der Waals surface area contributed by atoms with E-state index in [1.165, 1.54) is 5.56 Å². The van der Waals surface area contributed by atoms with Gasteiger partial charge in [-0.3, -0.25) is 9.59 Å². The molecular formula is C23H22N2O3. The van der Waals surface area contributed by atoms with Crippen LogP contribution in [0.4, 0.5) is 11.4 Å². The van der Waals surface area contributed by atoms with Gasteiger partial charge in [-0.25, -0.2) is 0 Å². The number of ether oxygens (including phenoxy) is 1. The molecule has 0 atom stereocenters. The average molecular weight is 374 g/mol. The summed E-state index contributed by atoms with van der Waals surface area (Å²) in [6.07, 6.45) is 0.949. The molecule has 0 aliphatic heterocycles. The van der Waals surface area contributed by atoms with Crippen molar-refractivity contribution in [2.75, 3.05) is 17.7 Å². The minimum atomic E-state index is -0.254. The second-order valence-electron chi connectivity index (χ2n) is 6.27. The maximum absolute atomic E-state index is 12.5. The lowest BCUT2D eigenvalue weighted by Gasteiger charge is -2.09. The first-order valence-electron chi connectivity index (χ1n) is 9.05. The molecule has 0 heterocycles. The van der Waals surface area contributed by atoms with Crippen molar-refractivity contribution >= 4 is 23.2 Å². The fourth-order valence-corrected chi connectivity index (χ4v) is 2.71. The summed E-state index contributed by atoms with van der Waals surface area (Å²) >= 11 is 0. The van der Waals surface area contributed by atoms with Crippen LogP contribution in [0.1, 0.15) is 33.2 Å². The molecule has 3 aromatic carbocycles. The first kappa shape index (κ1) is 19.2. The van der Waals surface area contributed by atoms with Crippen LogP contribution in [0.15, 0.2) is 72.8 Å². The predicted molar refractivity (Wildman–Crippen MR) is 111 cm³/mol. The van der Waals surface area contributed by atoms with E-state index in [-0.39, 0.29) is 11.8 Å². The molecule has 5 heteroatoms. The Bertz CT molecular complexity index is 964. The average Bonchev–Trinajstić information content (AvgIpc) is 2.74. The summed E-state index contributed by atoms with van der Waals surface area (Å²) in [6, 6.07) is 21.4. The monoisotopic (exact) mass is 374 g/mol. The highest BCUT2D eigenvalue weighted by Gasteiger charge is 2.10. The number of methoxy groups -OCH3 is 1. The lowest BCUT2D eigenvalue weighted by Crippen LogP contribution is -2.14. The second-order valence-corrected chi connectivity index (χ2v) is 6.27. The zero-order valence-corrected chi connectivity index (χ0v) is 15.9. The van der Waals surface area contributed by atoms with Crippen LogP contribution in [0.25, 0.3) is 0 Å². The Labute approximate surface area is 164 Å². The third-order valence-electron chi connectivity index (χ3n) is 4.35. The zero-order chi connectivity index (χ0) is 19.9. The SMILES string of the molecule is CCc1ccc(NC(=O)c2cccc(NC(=O)c3ccc(OC)cc3)c2)cc1. The van der Waals surface area contributed by atoms with Gasteiger partial charge in [-0.05, 0) is 66.6 Å². The second kappa shape index (κ2) is 8.86. The Morgan fingerprint density at radius 1 is 0.786 bits per heavy atom. The summed E-state index contributed by atoms with van der Waals surface area (Å²) in [7, 11) is 1.57. The highest BCUT2D eigenvalue weighted by atomic mass is 16.5. The first-order valence-corrected chi connectivity index (χ1v) is 9.05. The highest BCUT2D eigenvalue weighted by molar-refractivity contribution is 6.07. The molecule has 0 spiro atoms. The van der Waals surface area contributed by atoms with Crippen LogP contribution in [-0.2, 0) is 6.42 Å². The van der Waals surface area contributed by atoms with Crippen molar-refractivity contribution in [2.24, 2.45) is 0 Å². The maximum Gasteiger partial charge on any atom is 0.255 e. The lowest BCUT2D eigenvalue weighted by molar-refractivity contribution is 0.101. The smallest absolute Gasteiger partial charge is 0.255 e. The fraction of sp³-hybridized carbons (Fsp3) is 0.130. The van der Waals surface area contributed by atoms with Crippen LogP contribution < -0.4 is 15.4 Å². The number of anilines is 2. The Balaban J connectivity index is 1.68. The van der Waals surface area contributed by atoms with Crippen molar-refractivity contribution in [3.05, 3.63) is 89.5 Å². The Kier molecular flexibility index (Phi) is 6.07. The van der Waals surface area contributed by atoms with Gasteiger partial charge in [0.15, 0.2) is 0 Å². The molecule has 2 N–H and O–H groups in total. The number of carbonyl (C=O) groups is 2. The van der Waals surface area contributed by atoms with E-state index in [4.69, 9.17) is 4.74 Å². The number of aryl methyl sites for hydroxylation is 1. The van der Waals surface area contributed by atoms with Crippen molar-refractivity contribution < 1.29 is 14.3 Å². The van der Waals surface area contributed by atoms with Gasteiger partial charge in [-0.1, -0.05) is 25.1 Å². The van der Waals surface area contributed by atoms with Gasteiger partial charge in [0, 0.05) is 22.5 Å². The van der Waals surface area contributed by atoms with Crippen LogP contribution in [-0.4, -0.2) is 18.9 Å². The quantitative estimate of drug-likeness (QED) is 0.653. The van der Waals surface area contributed by atoms with Crippen molar-refractivity contribution in [1.29, 1.82) is 0 Å². The third-order valence-corrected chi connectivity index (χ3v) is 4.35. The molecule has 0 saturated heterocycles. The zero-order valence-electron chi connectivity index (χ0n) is 15.9. The molecule has 0 aromatic heterocycles. The molecule has 5 nitrogen and oxygen atoms in total. The van der Waals surface area contributed by atoms with Gasteiger partial charge < -0.3 is 15.4 Å². The van der Waals surface area contributed by atoms with Gasteiger partial charge in [0.05, 0.1) is 7.11 Å². The van der Waals surface area contributed by atoms with E-state index in [0.29, 0.717) is 22.6 Å². The minimum Gasteiger partial charge on any atom is -0.497 e. The lowest BCUT2D eigenvalue weighted by atomic mass is 10.1.